The van der Waals surface area contributed by atoms with Gasteiger partial charge in [0.2, 0.25) is 0 Å². The Morgan fingerprint density at radius 1 is 1.29 bits per heavy atom. The highest BCUT2D eigenvalue weighted by Crippen LogP contribution is 2.34. The summed E-state index contributed by atoms with van der Waals surface area (Å²) in [5.74, 6) is 0.460. The van der Waals surface area contributed by atoms with Gasteiger partial charge in [0.1, 0.15) is 5.25 Å². The number of hydrogen-bond donors (Lipinski definition) is 0. The second kappa shape index (κ2) is 5.89. The molecule has 3 heteroatoms. The summed E-state index contributed by atoms with van der Waals surface area (Å²) in [6, 6.07) is 8.06. The molecule has 17 heavy (non-hydrogen) atoms. The lowest BCUT2D eigenvalue weighted by atomic mass is 10.1. The van der Waals surface area contributed by atoms with Gasteiger partial charge in [-0.3, -0.25) is 0 Å². The summed E-state index contributed by atoms with van der Waals surface area (Å²) in [5.41, 5.74) is 1.21. The predicted molar refractivity (Wildman–Crippen MR) is 70.6 cm³/mol. The van der Waals surface area contributed by atoms with Crippen LogP contribution in [0.4, 0.5) is 0 Å². The molecule has 1 fully saturated rings. The Kier molecular flexibility index (Phi) is 4.48. The second-order valence-corrected chi connectivity index (χ2v) is 6.47. The van der Waals surface area contributed by atoms with Crippen LogP contribution in [0.3, 0.4) is 0 Å². The maximum absolute atomic E-state index is 12.5. The Morgan fingerprint density at radius 3 is 2.65 bits per heavy atom. The number of ether oxygens (including phenoxy) is 1. The van der Waals surface area contributed by atoms with Gasteiger partial charge < -0.3 is 9.29 Å². The molecule has 0 aromatic heterocycles. The molecule has 0 N–H and O–H groups in total. The molecule has 0 heterocycles. The van der Waals surface area contributed by atoms with Crippen molar-refractivity contribution < 1.29 is 9.29 Å². The Hall–Kier alpha value is -0.510. The molecule has 1 saturated carbocycles. The fraction of sp³-hybridized carbons (Fsp3) is 0.571. The van der Waals surface area contributed by atoms with Gasteiger partial charge in [0.25, 0.3) is 0 Å². The van der Waals surface area contributed by atoms with Crippen LogP contribution in [0.2, 0.25) is 0 Å². The van der Waals surface area contributed by atoms with Gasteiger partial charge in [-0.05, 0) is 49.5 Å². The third-order valence-electron chi connectivity index (χ3n) is 3.50. The number of aryl methyl sites for hydroxylation is 1. The summed E-state index contributed by atoms with van der Waals surface area (Å²) in [5, 5.41) is 0.276. The van der Waals surface area contributed by atoms with E-state index in [1.165, 1.54) is 12.0 Å². The van der Waals surface area contributed by atoms with Crippen molar-refractivity contribution in [3.05, 3.63) is 29.8 Å². The molecule has 1 aromatic rings. The van der Waals surface area contributed by atoms with Crippen LogP contribution in [-0.2, 0) is 15.9 Å². The molecule has 0 bridgehead atoms. The van der Waals surface area contributed by atoms with Gasteiger partial charge in [-0.1, -0.05) is 17.7 Å². The van der Waals surface area contributed by atoms with Crippen LogP contribution in [0.1, 0.15) is 24.8 Å². The van der Waals surface area contributed by atoms with Crippen molar-refractivity contribution in [2.75, 3.05) is 13.7 Å². The SMILES string of the molecule is COCC1CCCC1[S+]([O-])c1ccc(C)cc1. The normalized spacial score (nSPS) is 26.1. The lowest BCUT2D eigenvalue weighted by molar-refractivity contribution is 0.156. The Labute approximate surface area is 107 Å². The van der Waals surface area contributed by atoms with Crippen molar-refractivity contribution in [3.8, 4) is 0 Å². The molecule has 3 atom stereocenters. The number of hydrogen-bond acceptors (Lipinski definition) is 2. The molecular weight excluding hydrogens is 232 g/mol. The molecular formula is C14H20O2S. The van der Waals surface area contributed by atoms with Crippen LogP contribution in [-0.4, -0.2) is 23.5 Å². The summed E-state index contributed by atoms with van der Waals surface area (Å²) in [6.45, 7) is 2.79. The first-order valence-electron chi connectivity index (χ1n) is 6.18. The molecule has 0 aliphatic heterocycles. The summed E-state index contributed by atoms with van der Waals surface area (Å²) in [7, 11) is 1.73. The van der Waals surface area contributed by atoms with Crippen molar-refractivity contribution in [3.63, 3.8) is 0 Å². The van der Waals surface area contributed by atoms with Gasteiger partial charge in [-0.15, -0.1) is 0 Å². The van der Waals surface area contributed by atoms with E-state index >= 15 is 0 Å². The van der Waals surface area contributed by atoms with Gasteiger partial charge in [-0.25, -0.2) is 0 Å². The Morgan fingerprint density at radius 2 is 2.00 bits per heavy atom. The highest BCUT2D eigenvalue weighted by Gasteiger charge is 2.37. The monoisotopic (exact) mass is 252 g/mol. The van der Waals surface area contributed by atoms with Crippen molar-refractivity contribution in [1.82, 2.24) is 0 Å². The minimum atomic E-state index is -0.879. The van der Waals surface area contributed by atoms with E-state index < -0.39 is 11.2 Å². The minimum absolute atomic E-state index is 0.276. The Bertz CT molecular complexity index is 350. The summed E-state index contributed by atoms with van der Waals surface area (Å²) < 4.78 is 17.7. The number of methoxy groups -OCH3 is 1. The van der Waals surface area contributed by atoms with Crippen LogP contribution in [0, 0.1) is 12.8 Å². The molecule has 0 spiro atoms. The maximum Gasteiger partial charge on any atom is 0.152 e. The highest BCUT2D eigenvalue weighted by molar-refractivity contribution is 7.92. The third-order valence-corrected chi connectivity index (χ3v) is 5.41. The van der Waals surface area contributed by atoms with Crippen molar-refractivity contribution in [2.45, 2.75) is 36.3 Å². The van der Waals surface area contributed by atoms with Crippen molar-refractivity contribution >= 4 is 11.2 Å². The van der Waals surface area contributed by atoms with E-state index in [-0.39, 0.29) is 5.25 Å². The average molecular weight is 252 g/mol. The maximum atomic E-state index is 12.5. The van der Waals surface area contributed by atoms with E-state index in [2.05, 4.69) is 6.92 Å². The van der Waals surface area contributed by atoms with Crippen LogP contribution >= 0.6 is 0 Å². The molecule has 3 unspecified atom stereocenters. The van der Waals surface area contributed by atoms with E-state index in [1.807, 2.05) is 24.3 Å². The molecule has 0 amide bonds. The molecule has 1 aliphatic carbocycles. The van der Waals surface area contributed by atoms with Gasteiger partial charge in [0.15, 0.2) is 4.90 Å². The van der Waals surface area contributed by atoms with Gasteiger partial charge in [0.05, 0.1) is 6.61 Å². The van der Waals surface area contributed by atoms with Crippen LogP contribution in [0.5, 0.6) is 0 Å². The smallest absolute Gasteiger partial charge is 0.152 e. The molecule has 0 saturated heterocycles. The highest BCUT2D eigenvalue weighted by atomic mass is 32.2. The first kappa shape index (κ1) is 12.9. The predicted octanol–water partition coefficient (Wildman–Crippen LogP) is 2.92. The molecule has 94 valence electrons. The number of rotatable bonds is 4. The molecule has 1 aliphatic rings. The summed E-state index contributed by atoms with van der Waals surface area (Å²) in [4.78, 5) is 0.962. The zero-order chi connectivity index (χ0) is 12.3. The molecule has 2 rings (SSSR count). The largest absolute Gasteiger partial charge is 0.611 e. The first-order chi connectivity index (χ1) is 8.22. The van der Waals surface area contributed by atoms with E-state index in [0.717, 1.165) is 24.3 Å². The average Bonchev–Trinajstić information content (AvgIpc) is 2.78. The number of benzene rings is 1. The van der Waals surface area contributed by atoms with E-state index in [9.17, 15) is 4.55 Å². The van der Waals surface area contributed by atoms with Crippen LogP contribution < -0.4 is 0 Å². The summed E-state index contributed by atoms with van der Waals surface area (Å²) in [6.07, 6.45) is 3.39. The topological polar surface area (TPSA) is 32.3 Å². The fourth-order valence-electron chi connectivity index (χ4n) is 2.54. The standard InChI is InChI=1S/C14H20O2S/c1-11-6-8-13(9-7-11)17(15)14-5-3-4-12(14)10-16-2/h6-9,12,14H,3-5,10H2,1-2H3. The molecule has 0 radical (unpaired) electrons. The fourth-order valence-corrected chi connectivity index (χ4v) is 4.24. The van der Waals surface area contributed by atoms with Crippen molar-refractivity contribution in [2.24, 2.45) is 5.92 Å². The van der Waals surface area contributed by atoms with E-state index in [4.69, 9.17) is 4.74 Å². The lowest BCUT2D eigenvalue weighted by Crippen LogP contribution is -2.28. The zero-order valence-electron chi connectivity index (χ0n) is 10.5. The second-order valence-electron chi connectivity index (χ2n) is 4.80. The summed E-state index contributed by atoms with van der Waals surface area (Å²) >= 11 is -0.879. The Balaban J connectivity index is 2.08. The van der Waals surface area contributed by atoms with E-state index in [0.29, 0.717) is 5.92 Å². The minimum Gasteiger partial charge on any atom is -0.611 e. The van der Waals surface area contributed by atoms with E-state index in [1.54, 1.807) is 7.11 Å². The first-order valence-corrected chi connectivity index (χ1v) is 7.40. The zero-order valence-corrected chi connectivity index (χ0v) is 11.3. The van der Waals surface area contributed by atoms with Crippen LogP contribution in [0.15, 0.2) is 29.2 Å². The van der Waals surface area contributed by atoms with Gasteiger partial charge in [0, 0.05) is 13.0 Å². The lowest BCUT2D eigenvalue weighted by Gasteiger charge is -2.22. The van der Waals surface area contributed by atoms with Crippen molar-refractivity contribution in [1.29, 1.82) is 0 Å². The van der Waals surface area contributed by atoms with Gasteiger partial charge >= 0.3 is 0 Å². The van der Waals surface area contributed by atoms with Crippen LogP contribution in [0.25, 0.3) is 0 Å². The third kappa shape index (κ3) is 3.03. The quantitative estimate of drug-likeness (QED) is 0.772. The molecule has 2 nitrogen and oxygen atoms in total. The van der Waals surface area contributed by atoms with Gasteiger partial charge in [-0.2, -0.15) is 0 Å². The molecule has 1 aromatic carbocycles.